The van der Waals surface area contributed by atoms with Gasteiger partial charge in [-0.05, 0) is 36.4 Å². The first kappa shape index (κ1) is 12.9. The molecule has 0 amide bonds. The van der Waals surface area contributed by atoms with Gasteiger partial charge in [-0.3, -0.25) is 4.98 Å². The Balaban J connectivity index is 1.68. The number of aromatic nitrogens is 1. The monoisotopic (exact) mass is 270 g/mol. The average Bonchev–Trinajstić information content (AvgIpc) is 2.89. The van der Waals surface area contributed by atoms with Gasteiger partial charge in [0.15, 0.2) is 0 Å². The van der Waals surface area contributed by atoms with Gasteiger partial charge in [-0.15, -0.1) is 0 Å². The Hall–Kier alpha value is -2.07. The molecule has 104 valence electrons. The first-order chi connectivity index (χ1) is 9.86. The van der Waals surface area contributed by atoms with Gasteiger partial charge < -0.3 is 14.8 Å². The van der Waals surface area contributed by atoms with Crippen LogP contribution in [0.1, 0.15) is 24.1 Å². The second-order valence-electron chi connectivity index (χ2n) is 4.77. The van der Waals surface area contributed by atoms with E-state index < -0.39 is 0 Å². The van der Waals surface area contributed by atoms with Crippen molar-refractivity contribution in [1.82, 2.24) is 10.3 Å². The molecule has 20 heavy (non-hydrogen) atoms. The number of hydrogen-bond acceptors (Lipinski definition) is 4. The van der Waals surface area contributed by atoms with E-state index in [1.54, 1.807) is 12.4 Å². The molecule has 1 aromatic carbocycles. The van der Waals surface area contributed by atoms with Crippen molar-refractivity contribution in [2.24, 2.45) is 0 Å². The van der Waals surface area contributed by atoms with E-state index in [0.717, 1.165) is 23.6 Å². The highest BCUT2D eigenvalue weighted by molar-refractivity contribution is 5.45. The molecule has 4 nitrogen and oxygen atoms in total. The lowest BCUT2D eigenvalue weighted by Crippen LogP contribution is -2.21. The third-order valence-corrected chi connectivity index (χ3v) is 3.37. The summed E-state index contributed by atoms with van der Waals surface area (Å²) >= 11 is 0. The van der Waals surface area contributed by atoms with Gasteiger partial charge >= 0.3 is 0 Å². The lowest BCUT2D eigenvalue weighted by molar-refractivity contribution is 0.297. The van der Waals surface area contributed by atoms with Gasteiger partial charge in [0, 0.05) is 24.0 Å². The minimum atomic E-state index is 0.296. The molecule has 2 heterocycles. The Morgan fingerprint density at radius 3 is 2.95 bits per heavy atom. The molecule has 4 heteroatoms. The summed E-state index contributed by atoms with van der Waals surface area (Å²) in [6.07, 6.45) is 3.54. The fourth-order valence-electron chi connectivity index (χ4n) is 2.34. The summed E-state index contributed by atoms with van der Waals surface area (Å²) in [4.78, 5) is 3.99. The first-order valence-corrected chi connectivity index (χ1v) is 6.88. The average molecular weight is 270 g/mol. The van der Waals surface area contributed by atoms with E-state index in [9.17, 15) is 0 Å². The van der Waals surface area contributed by atoms with Crippen molar-refractivity contribution in [3.63, 3.8) is 0 Å². The van der Waals surface area contributed by atoms with Crippen LogP contribution in [0.25, 0.3) is 0 Å². The Morgan fingerprint density at radius 2 is 2.15 bits per heavy atom. The molecule has 1 unspecified atom stereocenters. The summed E-state index contributed by atoms with van der Waals surface area (Å²) in [7, 11) is 0. The van der Waals surface area contributed by atoms with E-state index in [1.165, 1.54) is 5.56 Å². The quantitative estimate of drug-likeness (QED) is 0.907. The zero-order valence-electron chi connectivity index (χ0n) is 11.5. The van der Waals surface area contributed by atoms with Crippen LogP contribution < -0.4 is 14.8 Å². The van der Waals surface area contributed by atoms with Crippen LogP contribution in [0, 0.1) is 0 Å². The SMILES string of the molecule is CCNC1COc2cc(OCc3ccncc3)ccc21. The first-order valence-electron chi connectivity index (χ1n) is 6.88. The van der Waals surface area contributed by atoms with Crippen molar-refractivity contribution in [2.45, 2.75) is 19.6 Å². The molecule has 0 fully saturated rings. The molecule has 0 aliphatic carbocycles. The predicted octanol–water partition coefficient (Wildman–Crippen LogP) is 2.70. The summed E-state index contributed by atoms with van der Waals surface area (Å²) in [6.45, 7) is 4.27. The fraction of sp³-hybridized carbons (Fsp3) is 0.312. The molecule has 2 aromatic rings. The third-order valence-electron chi connectivity index (χ3n) is 3.37. The van der Waals surface area contributed by atoms with Gasteiger partial charge in [-0.1, -0.05) is 6.92 Å². The second kappa shape index (κ2) is 5.92. The Kier molecular flexibility index (Phi) is 3.83. The number of benzene rings is 1. The fourth-order valence-corrected chi connectivity index (χ4v) is 2.34. The second-order valence-corrected chi connectivity index (χ2v) is 4.77. The van der Waals surface area contributed by atoms with Crippen LogP contribution in [-0.2, 0) is 6.61 Å². The molecule has 1 N–H and O–H groups in total. The molecule has 0 radical (unpaired) electrons. The maximum Gasteiger partial charge on any atom is 0.128 e. The van der Waals surface area contributed by atoms with E-state index in [-0.39, 0.29) is 0 Å². The number of ether oxygens (including phenoxy) is 2. The highest BCUT2D eigenvalue weighted by atomic mass is 16.5. The number of hydrogen-bond donors (Lipinski definition) is 1. The molecule has 0 spiro atoms. The molecular formula is C16H18N2O2. The third kappa shape index (κ3) is 2.75. The lowest BCUT2D eigenvalue weighted by atomic mass is 10.1. The summed E-state index contributed by atoms with van der Waals surface area (Å²) in [5.41, 5.74) is 2.31. The van der Waals surface area contributed by atoms with Gasteiger partial charge in [0.25, 0.3) is 0 Å². The van der Waals surface area contributed by atoms with Crippen molar-refractivity contribution in [2.75, 3.05) is 13.2 Å². The molecular weight excluding hydrogens is 252 g/mol. The minimum Gasteiger partial charge on any atom is -0.491 e. The lowest BCUT2D eigenvalue weighted by Gasteiger charge is -2.10. The van der Waals surface area contributed by atoms with Crippen LogP contribution in [0.2, 0.25) is 0 Å². The zero-order valence-corrected chi connectivity index (χ0v) is 11.5. The molecule has 0 bridgehead atoms. The number of nitrogens with zero attached hydrogens (tertiary/aromatic N) is 1. The van der Waals surface area contributed by atoms with E-state index in [0.29, 0.717) is 19.3 Å². The van der Waals surface area contributed by atoms with Gasteiger partial charge in [0.05, 0.1) is 6.04 Å². The molecule has 1 aromatic heterocycles. The van der Waals surface area contributed by atoms with Crippen molar-refractivity contribution >= 4 is 0 Å². The van der Waals surface area contributed by atoms with Gasteiger partial charge in [0.2, 0.25) is 0 Å². The number of nitrogens with one attached hydrogen (secondary N) is 1. The van der Waals surface area contributed by atoms with E-state index in [4.69, 9.17) is 9.47 Å². The number of pyridine rings is 1. The van der Waals surface area contributed by atoms with E-state index >= 15 is 0 Å². The van der Waals surface area contributed by atoms with Crippen molar-refractivity contribution < 1.29 is 9.47 Å². The van der Waals surface area contributed by atoms with Crippen molar-refractivity contribution in [1.29, 1.82) is 0 Å². The van der Waals surface area contributed by atoms with Gasteiger partial charge in [-0.25, -0.2) is 0 Å². The molecule has 0 saturated carbocycles. The molecule has 1 aliphatic heterocycles. The predicted molar refractivity (Wildman–Crippen MR) is 76.9 cm³/mol. The maximum absolute atomic E-state index is 5.78. The summed E-state index contributed by atoms with van der Waals surface area (Å²) < 4.78 is 11.5. The molecule has 0 saturated heterocycles. The molecule has 1 atom stereocenters. The Bertz CT molecular complexity index is 572. The Morgan fingerprint density at radius 1 is 1.30 bits per heavy atom. The van der Waals surface area contributed by atoms with Gasteiger partial charge in [-0.2, -0.15) is 0 Å². The smallest absolute Gasteiger partial charge is 0.128 e. The van der Waals surface area contributed by atoms with Crippen LogP contribution in [0.4, 0.5) is 0 Å². The topological polar surface area (TPSA) is 43.4 Å². The van der Waals surface area contributed by atoms with Gasteiger partial charge in [0.1, 0.15) is 24.7 Å². The summed E-state index contributed by atoms with van der Waals surface area (Å²) in [5.74, 6) is 1.75. The largest absolute Gasteiger partial charge is 0.491 e. The van der Waals surface area contributed by atoms with Crippen molar-refractivity contribution in [3.8, 4) is 11.5 Å². The number of fused-ring (bicyclic) bond motifs is 1. The van der Waals surface area contributed by atoms with Crippen LogP contribution in [-0.4, -0.2) is 18.1 Å². The maximum atomic E-state index is 5.78. The van der Waals surface area contributed by atoms with E-state index in [1.807, 2.05) is 24.3 Å². The van der Waals surface area contributed by atoms with Crippen LogP contribution in [0.5, 0.6) is 11.5 Å². The number of likely N-dealkylation sites (N-methyl/N-ethyl adjacent to an activating group) is 1. The van der Waals surface area contributed by atoms with Crippen LogP contribution >= 0.6 is 0 Å². The van der Waals surface area contributed by atoms with Crippen LogP contribution in [0.3, 0.4) is 0 Å². The minimum absolute atomic E-state index is 0.296. The van der Waals surface area contributed by atoms with Crippen LogP contribution in [0.15, 0.2) is 42.7 Å². The van der Waals surface area contributed by atoms with Crippen molar-refractivity contribution in [3.05, 3.63) is 53.9 Å². The molecule has 3 rings (SSSR count). The highest BCUT2D eigenvalue weighted by Crippen LogP contribution is 2.35. The standard InChI is InChI=1S/C16H18N2O2/c1-2-18-15-11-20-16-9-13(3-4-14(15)16)19-10-12-5-7-17-8-6-12/h3-9,15,18H,2,10-11H2,1H3. The van der Waals surface area contributed by atoms with E-state index in [2.05, 4.69) is 23.3 Å². The summed E-state index contributed by atoms with van der Waals surface area (Å²) in [6, 6.07) is 10.2. The highest BCUT2D eigenvalue weighted by Gasteiger charge is 2.23. The normalized spacial score (nSPS) is 16.6. The Labute approximate surface area is 118 Å². The zero-order chi connectivity index (χ0) is 13.8. The number of rotatable bonds is 5. The summed E-state index contributed by atoms with van der Waals surface area (Å²) in [5, 5.41) is 3.41. The molecule has 1 aliphatic rings.